The molecule has 0 unspecified atom stereocenters. The van der Waals surface area contributed by atoms with Crippen LogP contribution in [0.25, 0.3) is 0 Å². The summed E-state index contributed by atoms with van der Waals surface area (Å²) in [7, 11) is 0. The smallest absolute Gasteiger partial charge is 0.203 e. The number of nitrogens with zero attached hydrogens (tertiary/aromatic N) is 2. The topological polar surface area (TPSA) is 46.5 Å². The van der Waals surface area contributed by atoms with Gasteiger partial charge >= 0.3 is 0 Å². The maximum Gasteiger partial charge on any atom is 0.203 e. The lowest BCUT2D eigenvalue weighted by atomic mass is 10.2. The van der Waals surface area contributed by atoms with Gasteiger partial charge in [-0.3, -0.25) is 5.43 Å². The van der Waals surface area contributed by atoms with E-state index >= 15 is 0 Å². The van der Waals surface area contributed by atoms with E-state index in [1.165, 1.54) is 11.3 Å². The van der Waals surface area contributed by atoms with Crippen LogP contribution in [0.5, 0.6) is 5.75 Å². The summed E-state index contributed by atoms with van der Waals surface area (Å²) < 4.78 is 6.90. The van der Waals surface area contributed by atoms with Gasteiger partial charge in [0.05, 0.1) is 11.9 Å². The highest BCUT2D eigenvalue weighted by Gasteiger charge is 1.98. The lowest BCUT2D eigenvalue weighted by molar-refractivity contribution is 0.306. The number of halogens is 1. The molecule has 0 radical (unpaired) electrons. The van der Waals surface area contributed by atoms with Crippen molar-refractivity contribution in [2.45, 2.75) is 13.5 Å². The van der Waals surface area contributed by atoms with Crippen LogP contribution in [0.3, 0.4) is 0 Å². The lowest BCUT2D eigenvalue weighted by Crippen LogP contribution is -1.96. The average Bonchev–Trinajstić information content (AvgIpc) is 3.00. The molecule has 2 aromatic carbocycles. The highest BCUT2D eigenvalue weighted by atomic mass is 79.9. The molecule has 3 rings (SSSR count). The summed E-state index contributed by atoms with van der Waals surface area (Å²) in [5.41, 5.74) is 6.00. The molecule has 0 aliphatic heterocycles. The molecule has 0 aliphatic carbocycles. The second-order valence-corrected chi connectivity index (χ2v) is 6.93. The van der Waals surface area contributed by atoms with Gasteiger partial charge < -0.3 is 4.74 Å². The van der Waals surface area contributed by atoms with E-state index in [4.69, 9.17) is 4.74 Å². The summed E-state index contributed by atoms with van der Waals surface area (Å²) in [5, 5.41) is 6.97. The van der Waals surface area contributed by atoms with Gasteiger partial charge in [0.2, 0.25) is 5.13 Å². The van der Waals surface area contributed by atoms with Gasteiger partial charge in [-0.05, 0) is 42.3 Å². The van der Waals surface area contributed by atoms with E-state index < -0.39 is 0 Å². The lowest BCUT2D eigenvalue weighted by Gasteiger charge is -2.07. The fraction of sp³-hybridized carbons (Fsp3) is 0.111. The van der Waals surface area contributed by atoms with E-state index in [-0.39, 0.29) is 0 Å². The van der Waals surface area contributed by atoms with Gasteiger partial charge in [0, 0.05) is 9.85 Å². The molecule has 3 aromatic rings. The van der Waals surface area contributed by atoms with Crippen molar-refractivity contribution in [2.75, 3.05) is 5.43 Å². The largest absolute Gasteiger partial charge is 0.489 e. The summed E-state index contributed by atoms with van der Waals surface area (Å²) >= 11 is 4.96. The molecular formula is C18H16BrN3OS. The van der Waals surface area contributed by atoms with Crippen molar-refractivity contribution in [1.82, 2.24) is 4.98 Å². The zero-order valence-corrected chi connectivity index (χ0v) is 15.5. The van der Waals surface area contributed by atoms with E-state index in [9.17, 15) is 0 Å². The minimum absolute atomic E-state index is 0.532. The van der Waals surface area contributed by atoms with E-state index in [1.807, 2.05) is 60.8 Å². The highest BCUT2D eigenvalue weighted by Crippen LogP contribution is 2.17. The minimum atomic E-state index is 0.532. The van der Waals surface area contributed by atoms with Crippen molar-refractivity contribution in [2.24, 2.45) is 5.10 Å². The van der Waals surface area contributed by atoms with E-state index in [0.29, 0.717) is 6.61 Å². The Morgan fingerprint density at radius 2 is 2.08 bits per heavy atom. The molecule has 0 amide bonds. The van der Waals surface area contributed by atoms with Gasteiger partial charge in [-0.2, -0.15) is 5.10 Å². The second kappa shape index (κ2) is 8.08. The predicted molar refractivity (Wildman–Crippen MR) is 103 cm³/mol. The van der Waals surface area contributed by atoms with Crippen LogP contribution in [-0.4, -0.2) is 11.2 Å². The van der Waals surface area contributed by atoms with Crippen LogP contribution in [0.1, 0.15) is 16.8 Å². The number of aromatic nitrogens is 1. The first-order chi connectivity index (χ1) is 11.7. The molecule has 0 saturated heterocycles. The van der Waals surface area contributed by atoms with Gasteiger partial charge in [0.15, 0.2) is 0 Å². The number of anilines is 1. The highest BCUT2D eigenvalue weighted by molar-refractivity contribution is 9.10. The minimum Gasteiger partial charge on any atom is -0.489 e. The van der Waals surface area contributed by atoms with Crippen molar-refractivity contribution in [1.29, 1.82) is 0 Å². The van der Waals surface area contributed by atoms with E-state index in [0.717, 1.165) is 32.2 Å². The number of thiazole rings is 1. The molecule has 4 nitrogen and oxygen atoms in total. The maximum absolute atomic E-state index is 5.83. The van der Waals surface area contributed by atoms with Gasteiger partial charge in [0.1, 0.15) is 12.4 Å². The third-order valence-electron chi connectivity index (χ3n) is 3.17. The number of nitrogens with one attached hydrogen (secondary N) is 1. The van der Waals surface area contributed by atoms with Crippen LogP contribution in [-0.2, 0) is 6.61 Å². The van der Waals surface area contributed by atoms with Crippen LogP contribution in [0.15, 0.2) is 63.5 Å². The molecule has 0 fully saturated rings. The Morgan fingerprint density at radius 1 is 1.25 bits per heavy atom. The Bertz CT molecular complexity index is 830. The summed E-state index contributed by atoms with van der Waals surface area (Å²) in [4.78, 5) is 4.29. The van der Waals surface area contributed by atoms with Gasteiger partial charge in [-0.15, -0.1) is 11.3 Å². The first-order valence-corrected chi connectivity index (χ1v) is 9.05. The summed E-state index contributed by atoms with van der Waals surface area (Å²) in [5.74, 6) is 0.812. The molecule has 6 heteroatoms. The Labute approximate surface area is 153 Å². The molecule has 1 aromatic heterocycles. The fourth-order valence-corrected chi connectivity index (χ4v) is 2.90. The summed E-state index contributed by atoms with van der Waals surface area (Å²) in [6, 6.07) is 15.9. The maximum atomic E-state index is 5.83. The molecule has 0 aliphatic rings. The number of hydrogen-bond acceptors (Lipinski definition) is 5. The molecule has 0 saturated carbocycles. The van der Waals surface area contributed by atoms with Crippen molar-refractivity contribution in [3.05, 3.63) is 75.2 Å². The van der Waals surface area contributed by atoms with Crippen LogP contribution < -0.4 is 10.2 Å². The number of hydrogen-bond donors (Lipinski definition) is 1. The Balaban J connectivity index is 1.58. The standard InChI is InChI=1S/C18H16BrN3OS/c1-13-12-24-18(21-13)22-20-10-15-3-2-4-17(9-15)23-11-14-5-7-16(19)8-6-14/h2-10,12H,11H2,1H3,(H,21,22)/b20-10+. The van der Waals surface area contributed by atoms with Gasteiger partial charge in [-0.25, -0.2) is 4.98 Å². The zero-order chi connectivity index (χ0) is 16.8. The normalized spacial score (nSPS) is 10.9. The Hall–Kier alpha value is -2.18. The molecule has 122 valence electrons. The number of ether oxygens (including phenoxy) is 1. The van der Waals surface area contributed by atoms with Crippen LogP contribution >= 0.6 is 27.3 Å². The van der Waals surface area contributed by atoms with Crippen molar-refractivity contribution in [3.8, 4) is 5.75 Å². The third kappa shape index (κ3) is 4.91. The van der Waals surface area contributed by atoms with E-state index in [2.05, 4.69) is 31.4 Å². The average molecular weight is 402 g/mol. The van der Waals surface area contributed by atoms with Crippen molar-refractivity contribution in [3.63, 3.8) is 0 Å². The van der Waals surface area contributed by atoms with Crippen LogP contribution in [0.4, 0.5) is 5.13 Å². The van der Waals surface area contributed by atoms with Crippen molar-refractivity contribution >= 4 is 38.6 Å². The monoisotopic (exact) mass is 401 g/mol. The summed E-state index contributed by atoms with van der Waals surface area (Å²) in [6.07, 6.45) is 1.75. The molecular weight excluding hydrogens is 386 g/mol. The zero-order valence-electron chi connectivity index (χ0n) is 13.1. The van der Waals surface area contributed by atoms with Crippen LogP contribution in [0, 0.1) is 6.92 Å². The first-order valence-electron chi connectivity index (χ1n) is 7.37. The molecule has 0 bridgehead atoms. The van der Waals surface area contributed by atoms with Crippen LogP contribution in [0.2, 0.25) is 0 Å². The van der Waals surface area contributed by atoms with Gasteiger partial charge in [-0.1, -0.05) is 40.2 Å². The molecule has 1 N–H and O–H groups in total. The molecule has 0 atom stereocenters. The van der Waals surface area contributed by atoms with Gasteiger partial charge in [0.25, 0.3) is 0 Å². The third-order valence-corrected chi connectivity index (χ3v) is 4.56. The Kier molecular flexibility index (Phi) is 5.61. The predicted octanol–water partition coefficient (Wildman–Crippen LogP) is 5.24. The first kappa shape index (κ1) is 16.7. The Morgan fingerprint density at radius 3 is 2.83 bits per heavy atom. The summed E-state index contributed by atoms with van der Waals surface area (Å²) in [6.45, 7) is 2.49. The van der Waals surface area contributed by atoms with Crippen molar-refractivity contribution < 1.29 is 4.74 Å². The number of rotatable bonds is 6. The van der Waals surface area contributed by atoms with E-state index in [1.54, 1.807) is 6.21 Å². The fourth-order valence-electron chi connectivity index (χ4n) is 2.00. The molecule has 24 heavy (non-hydrogen) atoms. The SMILES string of the molecule is Cc1csc(N/N=C/c2cccc(OCc3ccc(Br)cc3)c2)n1. The second-order valence-electron chi connectivity index (χ2n) is 5.15. The number of hydrazone groups is 1. The molecule has 0 spiro atoms. The quantitative estimate of drug-likeness (QED) is 0.453. The number of aryl methyl sites for hydroxylation is 1. The molecule has 1 heterocycles. The number of benzene rings is 2.